The van der Waals surface area contributed by atoms with E-state index in [1.807, 2.05) is 12.1 Å². The van der Waals surface area contributed by atoms with Crippen molar-refractivity contribution in [1.82, 2.24) is 0 Å². The van der Waals surface area contributed by atoms with E-state index in [9.17, 15) is 9.90 Å². The lowest BCUT2D eigenvalue weighted by atomic mass is 9.77. The van der Waals surface area contributed by atoms with Crippen LogP contribution >= 0.6 is 0 Å². The molecule has 2 rings (SSSR count). The van der Waals surface area contributed by atoms with Gasteiger partial charge in [-0.05, 0) is 54.7 Å². The van der Waals surface area contributed by atoms with E-state index in [2.05, 4.69) is 0 Å². The Balaban J connectivity index is 2.30. The Labute approximate surface area is 130 Å². The molecule has 0 spiro atoms. The van der Waals surface area contributed by atoms with Crippen LogP contribution in [0.1, 0.15) is 29.5 Å². The van der Waals surface area contributed by atoms with Crippen molar-refractivity contribution in [1.29, 1.82) is 0 Å². The van der Waals surface area contributed by atoms with Crippen LogP contribution in [0.15, 0.2) is 18.2 Å². The van der Waals surface area contributed by atoms with Crippen molar-refractivity contribution in [2.45, 2.75) is 37.5 Å². The molecule has 0 aromatic heterocycles. The minimum atomic E-state index is -1.42. The number of carboxylic acid groups (broad SMARTS) is 1. The number of carboxylic acids is 1. The molecule has 22 heavy (non-hydrogen) atoms. The van der Waals surface area contributed by atoms with Crippen molar-refractivity contribution in [3.63, 3.8) is 0 Å². The van der Waals surface area contributed by atoms with Crippen LogP contribution in [0.5, 0.6) is 0 Å². The van der Waals surface area contributed by atoms with Gasteiger partial charge in [-0.25, -0.2) is 4.79 Å². The minimum Gasteiger partial charge on any atom is -0.480 e. The van der Waals surface area contributed by atoms with Crippen LogP contribution < -0.4 is 11.5 Å². The molecular weight excluding hydrogens is 283 g/mol. The Bertz CT molecular complexity index is 552. The summed E-state index contributed by atoms with van der Waals surface area (Å²) in [5.74, 6) is -1.29. The highest BCUT2D eigenvalue weighted by atomic mass is 16.4. The second-order valence-corrected chi connectivity index (χ2v) is 5.97. The van der Waals surface area contributed by atoms with Gasteiger partial charge < -0.3 is 26.6 Å². The number of benzene rings is 1. The lowest BCUT2D eigenvalue weighted by Crippen LogP contribution is -2.48. The SMILES string of the molecule is NCCc1cccc2c1C[C@H](CCCB(O)O)[C@]2(N)C(=O)O. The predicted octanol–water partition coefficient (Wildman–Crippen LogP) is -0.148. The van der Waals surface area contributed by atoms with Gasteiger partial charge in [0.05, 0.1) is 0 Å². The molecule has 0 radical (unpaired) electrons. The molecule has 0 bridgehead atoms. The van der Waals surface area contributed by atoms with Crippen molar-refractivity contribution < 1.29 is 19.9 Å². The highest BCUT2D eigenvalue weighted by Gasteiger charge is 2.50. The molecule has 7 heteroatoms. The van der Waals surface area contributed by atoms with Crippen molar-refractivity contribution in [2.75, 3.05) is 6.54 Å². The molecule has 0 heterocycles. The van der Waals surface area contributed by atoms with E-state index >= 15 is 0 Å². The second kappa shape index (κ2) is 6.79. The molecule has 6 nitrogen and oxygen atoms in total. The number of carbonyl (C=O) groups is 1. The van der Waals surface area contributed by atoms with E-state index in [1.54, 1.807) is 6.07 Å². The molecule has 0 amide bonds. The fourth-order valence-electron chi connectivity index (χ4n) is 3.45. The lowest BCUT2D eigenvalue weighted by molar-refractivity contribution is -0.145. The third kappa shape index (κ3) is 3.03. The largest absolute Gasteiger partial charge is 0.480 e. The number of hydrogen-bond donors (Lipinski definition) is 5. The summed E-state index contributed by atoms with van der Waals surface area (Å²) in [5.41, 5.74) is 13.2. The standard InChI is InChI=1S/C15H23BN2O4/c17-8-6-10-3-1-5-13-12(10)9-11(4-2-7-16(21)22)15(13,18)14(19)20/h1,3,5,11,21-22H,2,4,6-9,17-18H2,(H,19,20)/t11-,15+/m0/s1. The van der Waals surface area contributed by atoms with Gasteiger partial charge in [0.2, 0.25) is 0 Å². The van der Waals surface area contributed by atoms with E-state index < -0.39 is 18.6 Å². The number of rotatable bonds is 7. The fraction of sp³-hybridized carbons (Fsp3) is 0.533. The van der Waals surface area contributed by atoms with Gasteiger partial charge in [0.25, 0.3) is 0 Å². The van der Waals surface area contributed by atoms with Crippen LogP contribution in [-0.4, -0.2) is 34.8 Å². The number of aliphatic carboxylic acids is 1. The Morgan fingerprint density at radius 2 is 2.14 bits per heavy atom. The van der Waals surface area contributed by atoms with Gasteiger partial charge in [-0.2, -0.15) is 0 Å². The van der Waals surface area contributed by atoms with Crippen molar-refractivity contribution in [3.8, 4) is 0 Å². The first-order valence-corrected chi connectivity index (χ1v) is 7.61. The summed E-state index contributed by atoms with van der Waals surface area (Å²) in [6, 6.07) is 5.58. The minimum absolute atomic E-state index is 0.220. The molecule has 1 aliphatic carbocycles. The monoisotopic (exact) mass is 306 g/mol. The van der Waals surface area contributed by atoms with E-state index in [1.165, 1.54) is 0 Å². The molecule has 0 unspecified atom stereocenters. The first-order valence-electron chi connectivity index (χ1n) is 7.61. The Morgan fingerprint density at radius 3 is 2.73 bits per heavy atom. The van der Waals surface area contributed by atoms with E-state index in [0.29, 0.717) is 37.8 Å². The first-order chi connectivity index (χ1) is 10.4. The van der Waals surface area contributed by atoms with E-state index in [0.717, 1.165) is 11.1 Å². The molecule has 0 aliphatic heterocycles. The zero-order chi connectivity index (χ0) is 16.3. The van der Waals surface area contributed by atoms with Crippen LogP contribution in [0, 0.1) is 5.92 Å². The highest BCUT2D eigenvalue weighted by molar-refractivity contribution is 6.40. The summed E-state index contributed by atoms with van der Waals surface area (Å²) >= 11 is 0. The Hall–Kier alpha value is -1.41. The average molecular weight is 306 g/mol. The molecule has 0 fully saturated rings. The summed E-state index contributed by atoms with van der Waals surface area (Å²) in [4.78, 5) is 11.8. The summed E-state index contributed by atoms with van der Waals surface area (Å²) in [5, 5.41) is 27.6. The summed E-state index contributed by atoms with van der Waals surface area (Å²) in [7, 11) is -1.37. The topological polar surface area (TPSA) is 130 Å². The normalized spacial score (nSPS) is 23.4. The van der Waals surface area contributed by atoms with Crippen molar-refractivity contribution >= 4 is 13.1 Å². The Kier molecular flexibility index (Phi) is 5.23. The maximum Gasteiger partial charge on any atom is 0.451 e. The molecule has 7 N–H and O–H groups in total. The zero-order valence-corrected chi connectivity index (χ0v) is 12.5. The maximum absolute atomic E-state index is 11.8. The zero-order valence-electron chi connectivity index (χ0n) is 12.5. The summed E-state index contributed by atoms with van der Waals surface area (Å²) in [6.45, 7) is 0.502. The summed E-state index contributed by atoms with van der Waals surface area (Å²) < 4.78 is 0. The van der Waals surface area contributed by atoms with Gasteiger partial charge in [0.1, 0.15) is 5.54 Å². The predicted molar refractivity (Wildman–Crippen MR) is 84.1 cm³/mol. The molecule has 2 atom stereocenters. The molecule has 1 aliphatic rings. The van der Waals surface area contributed by atoms with Crippen molar-refractivity contribution in [2.24, 2.45) is 17.4 Å². The molecule has 120 valence electrons. The van der Waals surface area contributed by atoms with Gasteiger partial charge in [0, 0.05) is 0 Å². The summed E-state index contributed by atoms with van der Waals surface area (Å²) in [6.07, 6.45) is 2.57. The van der Waals surface area contributed by atoms with Crippen molar-refractivity contribution in [3.05, 3.63) is 34.9 Å². The van der Waals surface area contributed by atoms with Crippen LogP contribution in [0.2, 0.25) is 6.32 Å². The van der Waals surface area contributed by atoms with Crippen LogP contribution in [-0.2, 0) is 23.2 Å². The molecule has 0 saturated heterocycles. The van der Waals surface area contributed by atoms with E-state index in [-0.39, 0.29) is 12.2 Å². The van der Waals surface area contributed by atoms with Gasteiger partial charge in [-0.1, -0.05) is 24.6 Å². The number of hydrogen-bond acceptors (Lipinski definition) is 5. The smallest absolute Gasteiger partial charge is 0.451 e. The fourth-order valence-corrected chi connectivity index (χ4v) is 3.45. The lowest BCUT2D eigenvalue weighted by Gasteiger charge is -2.28. The quantitative estimate of drug-likeness (QED) is 0.445. The highest BCUT2D eigenvalue weighted by Crippen LogP contribution is 2.43. The van der Waals surface area contributed by atoms with Crippen LogP contribution in [0.4, 0.5) is 0 Å². The molecule has 1 aromatic carbocycles. The molecule has 0 saturated carbocycles. The number of fused-ring (bicyclic) bond motifs is 1. The van der Waals surface area contributed by atoms with Gasteiger partial charge in [0.15, 0.2) is 0 Å². The van der Waals surface area contributed by atoms with Crippen LogP contribution in [0.3, 0.4) is 0 Å². The number of nitrogens with two attached hydrogens (primary N) is 2. The maximum atomic E-state index is 11.8. The van der Waals surface area contributed by atoms with Crippen LogP contribution in [0.25, 0.3) is 0 Å². The van der Waals surface area contributed by atoms with E-state index in [4.69, 9.17) is 21.5 Å². The first kappa shape index (κ1) is 17.0. The van der Waals surface area contributed by atoms with Gasteiger partial charge >= 0.3 is 13.1 Å². The molecule has 1 aromatic rings. The molecular formula is C15H23BN2O4. The second-order valence-electron chi connectivity index (χ2n) is 5.97. The Morgan fingerprint density at radius 1 is 1.41 bits per heavy atom. The van der Waals surface area contributed by atoms with Gasteiger partial charge in [-0.3, -0.25) is 0 Å². The third-order valence-corrected chi connectivity index (χ3v) is 4.60. The van der Waals surface area contributed by atoms with Gasteiger partial charge in [-0.15, -0.1) is 0 Å². The average Bonchev–Trinajstić information content (AvgIpc) is 2.75. The third-order valence-electron chi connectivity index (χ3n) is 4.60.